The minimum absolute atomic E-state index is 0.394. The molecule has 0 amide bonds. The van der Waals surface area contributed by atoms with Crippen molar-refractivity contribution in [2.45, 2.75) is 19.3 Å². The van der Waals surface area contributed by atoms with Crippen molar-refractivity contribution in [2.24, 2.45) is 0 Å². The topological polar surface area (TPSA) is 6.48 Å². The Hall–Kier alpha value is -4.66. The van der Waals surface area contributed by atoms with Crippen molar-refractivity contribution >= 4 is 57.2 Å². The Morgan fingerprint density at radius 2 is 1.02 bits per heavy atom. The van der Waals surface area contributed by atoms with Crippen molar-refractivity contribution in [3.05, 3.63) is 126 Å². The largest absolute Gasteiger partial charge is 0.416 e. The van der Waals surface area contributed by atoms with Crippen molar-refractivity contribution in [1.82, 2.24) is 0 Å². The van der Waals surface area contributed by atoms with Crippen LogP contribution in [0.25, 0.3) is 0 Å². The first kappa shape index (κ1) is 26.3. The van der Waals surface area contributed by atoms with E-state index in [0.29, 0.717) is 22.5 Å². The molecule has 0 unspecified atom stereocenters. The van der Waals surface area contributed by atoms with Crippen LogP contribution in [0, 0.1) is 6.92 Å². The van der Waals surface area contributed by atoms with E-state index in [9.17, 15) is 26.3 Å². The van der Waals surface area contributed by atoms with Crippen molar-refractivity contribution in [3.8, 4) is 0 Å². The van der Waals surface area contributed by atoms with E-state index in [4.69, 9.17) is 0 Å². The van der Waals surface area contributed by atoms with Gasteiger partial charge in [-0.05, 0) is 89.5 Å². The molecule has 5 aromatic carbocycles. The van der Waals surface area contributed by atoms with Gasteiger partial charge in [0.15, 0.2) is 0 Å². The first-order valence-electron chi connectivity index (χ1n) is 13.3. The lowest BCUT2D eigenvalue weighted by Crippen LogP contribution is -2.61. The highest BCUT2D eigenvalue weighted by atomic mass is 19.4. The maximum absolute atomic E-state index is 14.0. The van der Waals surface area contributed by atoms with Crippen LogP contribution in [0.3, 0.4) is 0 Å². The predicted octanol–water partition coefficient (Wildman–Crippen LogP) is 8.12. The van der Waals surface area contributed by atoms with E-state index in [0.717, 1.165) is 51.8 Å². The Morgan fingerprint density at radius 3 is 1.67 bits per heavy atom. The van der Waals surface area contributed by atoms with Gasteiger partial charge in [-0.25, -0.2) is 0 Å². The summed E-state index contributed by atoms with van der Waals surface area (Å²) in [7, 11) is 0. The molecule has 7 rings (SSSR count). The van der Waals surface area contributed by atoms with Gasteiger partial charge in [-0.1, -0.05) is 48.5 Å². The molecule has 2 aliphatic rings. The fraction of sp³-hybridized carbons (Fsp3) is 0.0909. The normalized spacial score (nSPS) is 13.9. The van der Waals surface area contributed by atoms with Crippen LogP contribution in [0.15, 0.2) is 109 Å². The molecule has 0 radical (unpaired) electrons. The minimum Gasteiger partial charge on any atom is -0.311 e. The second-order valence-corrected chi connectivity index (χ2v) is 10.5. The predicted molar refractivity (Wildman–Crippen MR) is 155 cm³/mol. The van der Waals surface area contributed by atoms with Crippen LogP contribution in [0.1, 0.15) is 16.7 Å². The van der Waals surface area contributed by atoms with Gasteiger partial charge in [0.25, 0.3) is 6.71 Å². The standard InChI is InChI=1S/C33H21BF6N2/c1-20-17-29-31-30(18-20)42(23-7-3-2-4-8-23)28-19-22(33(38,39)40)13-16-26(28)34(31)25-9-5-6-10-27(25)41(29)24-14-11-21(12-15-24)32(35,36)37/h2-19H,1H3. The number of benzene rings is 5. The van der Waals surface area contributed by atoms with Gasteiger partial charge in [-0.15, -0.1) is 0 Å². The highest BCUT2D eigenvalue weighted by Crippen LogP contribution is 2.45. The van der Waals surface area contributed by atoms with Gasteiger partial charge < -0.3 is 9.80 Å². The van der Waals surface area contributed by atoms with E-state index in [-0.39, 0.29) is 0 Å². The molecule has 0 fully saturated rings. The maximum atomic E-state index is 14.0. The fourth-order valence-corrected chi connectivity index (χ4v) is 6.19. The van der Waals surface area contributed by atoms with Gasteiger partial charge >= 0.3 is 12.4 Å². The summed E-state index contributed by atoms with van der Waals surface area (Å²) < 4.78 is 82.2. The summed E-state index contributed by atoms with van der Waals surface area (Å²) in [5.74, 6) is 0. The first-order chi connectivity index (χ1) is 20.0. The molecule has 0 N–H and O–H groups in total. The number of rotatable bonds is 2. The number of halogens is 6. The fourth-order valence-electron chi connectivity index (χ4n) is 6.19. The van der Waals surface area contributed by atoms with Crippen LogP contribution in [0.5, 0.6) is 0 Å². The highest BCUT2D eigenvalue weighted by molar-refractivity contribution is 7.00. The van der Waals surface area contributed by atoms with E-state index >= 15 is 0 Å². The Bertz CT molecular complexity index is 1830. The smallest absolute Gasteiger partial charge is 0.311 e. The molecule has 2 heterocycles. The minimum atomic E-state index is -4.53. The molecule has 0 saturated carbocycles. The lowest BCUT2D eigenvalue weighted by atomic mass is 9.33. The molecule has 208 valence electrons. The van der Waals surface area contributed by atoms with E-state index in [1.807, 2.05) is 83.5 Å². The number of para-hydroxylation sites is 2. The zero-order chi connectivity index (χ0) is 29.4. The van der Waals surface area contributed by atoms with Crippen LogP contribution < -0.4 is 26.2 Å². The summed E-state index contributed by atoms with van der Waals surface area (Å²) in [6.07, 6.45) is -9.00. The van der Waals surface area contributed by atoms with Crippen LogP contribution in [-0.2, 0) is 12.4 Å². The number of fused-ring (bicyclic) bond motifs is 4. The van der Waals surface area contributed by atoms with E-state index in [2.05, 4.69) is 0 Å². The van der Waals surface area contributed by atoms with E-state index in [1.54, 1.807) is 6.07 Å². The van der Waals surface area contributed by atoms with Crippen molar-refractivity contribution in [1.29, 1.82) is 0 Å². The van der Waals surface area contributed by atoms with Gasteiger partial charge in [0.05, 0.1) is 11.1 Å². The second kappa shape index (κ2) is 9.18. The molecule has 2 nitrogen and oxygen atoms in total. The maximum Gasteiger partial charge on any atom is 0.416 e. The molecule has 5 aromatic rings. The van der Waals surface area contributed by atoms with Crippen LogP contribution >= 0.6 is 0 Å². The van der Waals surface area contributed by atoms with Gasteiger partial charge in [-0.3, -0.25) is 0 Å². The molecule has 0 aromatic heterocycles. The third-order valence-corrected chi connectivity index (χ3v) is 7.92. The van der Waals surface area contributed by atoms with Gasteiger partial charge in [0.2, 0.25) is 0 Å². The monoisotopic (exact) mass is 570 g/mol. The summed E-state index contributed by atoms with van der Waals surface area (Å²) in [4.78, 5) is 3.79. The molecule has 0 spiro atoms. The molecule has 0 atom stereocenters. The Morgan fingerprint density at radius 1 is 0.500 bits per heavy atom. The summed E-state index contributed by atoms with van der Waals surface area (Å²) >= 11 is 0. The third kappa shape index (κ3) is 4.06. The third-order valence-electron chi connectivity index (χ3n) is 7.92. The average molecular weight is 570 g/mol. The number of nitrogens with zero attached hydrogens (tertiary/aromatic N) is 2. The van der Waals surface area contributed by atoms with Crippen molar-refractivity contribution in [2.75, 3.05) is 9.80 Å². The lowest BCUT2D eigenvalue weighted by molar-refractivity contribution is -0.138. The molecule has 2 aliphatic heterocycles. The zero-order valence-electron chi connectivity index (χ0n) is 22.1. The molecule has 0 bridgehead atoms. The Balaban J connectivity index is 1.54. The quantitative estimate of drug-likeness (QED) is 0.153. The summed E-state index contributed by atoms with van der Waals surface area (Å²) in [6.45, 7) is 1.51. The average Bonchev–Trinajstić information content (AvgIpc) is 2.96. The summed E-state index contributed by atoms with van der Waals surface area (Å²) in [6, 6.07) is 29.6. The van der Waals surface area contributed by atoms with Gasteiger partial charge in [0.1, 0.15) is 0 Å². The Labute approximate surface area is 238 Å². The van der Waals surface area contributed by atoms with Gasteiger partial charge in [0, 0.05) is 34.1 Å². The van der Waals surface area contributed by atoms with E-state index < -0.39 is 30.2 Å². The number of aryl methyl sites for hydroxylation is 1. The highest BCUT2D eigenvalue weighted by Gasteiger charge is 2.44. The first-order valence-corrected chi connectivity index (χ1v) is 13.3. The molecular formula is C33H21BF6N2. The Kier molecular flexibility index (Phi) is 5.74. The number of hydrogen-bond donors (Lipinski definition) is 0. The van der Waals surface area contributed by atoms with Crippen LogP contribution in [0.2, 0.25) is 0 Å². The summed E-state index contributed by atoms with van der Waals surface area (Å²) in [5, 5.41) is 0. The van der Waals surface area contributed by atoms with Crippen LogP contribution in [0.4, 0.5) is 60.5 Å². The number of hydrogen-bond acceptors (Lipinski definition) is 2. The molecule has 0 aliphatic carbocycles. The van der Waals surface area contributed by atoms with E-state index in [1.165, 1.54) is 18.2 Å². The number of anilines is 6. The SMILES string of the molecule is Cc1cc2c3c(c1)N(c1ccccc1)c1cc(C(F)(F)F)ccc1B3c1ccccc1N2c1ccc(C(F)(F)F)cc1. The number of alkyl halides is 6. The lowest BCUT2D eigenvalue weighted by Gasteiger charge is -2.44. The van der Waals surface area contributed by atoms with Crippen molar-refractivity contribution < 1.29 is 26.3 Å². The van der Waals surface area contributed by atoms with Crippen molar-refractivity contribution in [3.63, 3.8) is 0 Å². The molecule has 9 heteroatoms. The summed E-state index contributed by atoms with van der Waals surface area (Å²) in [5.41, 5.74) is 5.72. The molecular weight excluding hydrogens is 549 g/mol. The second-order valence-electron chi connectivity index (χ2n) is 10.5. The molecule has 42 heavy (non-hydrogen) atoms. The zero-order valence-corrected chi connectivity index (χ0v) is 22.1. The van der Waals surface area contributed by atoms with Gasteiger partial charge in [-0.2, -0.15) is 26.3 Å². The van der Waals surface area contributed by atoms with Crippen LogP contribution in [-0.4, -0.2) is 6.71 Å². The molecule has 0 saturated heterocycles.